The fourth-order valence-electron chi connectivity index (χ4n) is 2.58. The number of pyridine rings is 1. The van der Waals surface area contributed by atoms with Crippen molar-refractivity contribution in [3.8, 4) is 11.3 Å². The summed E-state index contributed by atoms with van der Waals surface area (Å²) in [6, 6.07) is 16.8. The van der Waals surface area contributed by atoms with Gasteiger partial charge in [-0.05, 0) is 55.0 Å². The highest BCUT2D eigenvalue weighted by Gasteiger charge is 2.12. The maximum absolute atomic E-state index is 12.6. The van der Waals surface area contributed by atoms with Crippen LogP contribution in [0, 0.1) is 6.92 Å². The Bertz CT molecular complexity index is 932. The minimum atomic E-state index is -0.249. The Morgan fingerprint density at radius 1 is 1.08 bits per heavy atom. The first kappa shape index (κ1) is 18.3. The van der Waals surface area contributed by atoms with Gasteiger partial charge in [0.15, 0.2) is 0 Å². The van der Waals surface area contributed by atoms with Crippen LogP contribution in [0.25, 0.3) is 11.3 Å². The van der Waals surface area contributed by atoms with Crippen molar-refractivity contribution in [1.82, 2.24) is 4.98 Å². The number of rotatable bonds is 5. The van der Waals surface area contributed by atoms with Gasteiger partial charge in [0, 0.05) is 29.4 Å². The maximum Gasteiger partial charge on any atom is 0.257 e. The van der Waals surface area contributed by atoms with E-state index < -0.39 is 0 Å². The standard InChI is InChI=1S/C20H18ClN3OS/c1-13-6-7-14(11-17(13)19-5-3-4-10-22-19)23-20(25)16-9-8-15(24-26-2)12-18(16)21/h3-12,24H,1-2H3,(H,23,25). The smallest absolute Gasteiger partial charge is 0.257 e. The number of nitrogens with one attached hydrogen (secondary N) is 2. The van der Waals surface area contributed by atoms with E-state index in [1.165, 1.54) is 11.9 Å². The minimum Gasteiger partial charge on any atom is -0.330 e. The Morgan fingerprint density at radius 3 is 2.58 bits per heavy atom. The lowest BCUT2D eigenvalue weighted by molar-refractivity contribution is 0.102. The van der Waals surface area contributed by atoms with E-state index in [2.05, 4.69) is 15.0 Å². The Balaban J connectivity index is 1.84. The lowest BCUT2D eigenvalue weighted by atomic mass is 10.0. The van der Waals surface area contributed by atoms with Gasteiger partial charge < -0.3 is 10.0 Å². The molecule has 0 aliphatic heterocycles. The predicted molar refractivity (Wildman–Crippen MR) is 111 cm³/mol. The number of aryl methyl sites for hydroxylation is 1. The summed E-state index contributed by atoms with van der Waals surface area (Å²) in [5.41, 5.74) is 4.92. The quantitative estimate of drug-likeness (QED) is 0.559. The minimum absolute atomic E-state index is 0.249. The Kier molecular flexibility index (Phi) is 5.81. The molecule has 132 valence electrons. The molecule has 6 heteroatoms. The number of carbonyl (C=O) groups excluding carboxylic acids is 1. The molecular formula is C20H18ClN3OS. The van der Waals surface area contributed by atoms with Crippen molar-refractivity contribution < 1.29 is 4.79 Å². The highest BCUT2D eigenvalue weighted by atomic mass is 35.5. The molecule has 1 heterocycles. The van der Waals surface area contributed by atoms with Crippen LogP contribution in [0.1, 0.15) is 15.9 Å². The third kappa shape index (κ3) is 4.18. The van der Waals surface area contributed by atoms with Crippen LogP contribution in [0.3, 0.4) is 0 Å². The summed E-state index contributed by atoms with van der Waals surface area (Å²) in [5, 5.41) is 3.31. The summed E-state index contributed by atoms with van der Waals surface area (Å²) in [5.74, 6) is -0.249. The number of hydrogen-bond donors (Lipinski definition) is 2. The van der Waals surface area contributed by atoms with Crippen molar-refractivity contribution in [2.75, 3.05) is 16.3 Å². The van der Waals surface area contributed by atoms with Gasteiger partial charge in [-0.15, -0.1) is 0 Å². The molecule has 0 saturated carbocycles. The van der Waals surface area contributed by atoms with Gasteiger partial charge in [-0.1, -0.05) is 35.7 Å². The number of carbonyl (C=O) groups is 1. The van der Waals surface area contributed by atoms with Crippen molar-refractivity contribution in [3.63, 3.8) is 0 Å². The molecule has 0 aliphatic carbocycles. The molecule has 1 aromatic heterocycles. The van der Waals surface area contributed by atoms with Crippen LogP contribution >= 0.6 is 23.5 Å². The lowest BCUT2D eigenvalue weighted by Crippen LogP contribution is -2.12. The second-order valence-electron chi connectivity index (χ2n) is 5.70. The summed E-state index contributed by atoms with van der Waals surface area (Å²) < 4.78 is 3.09. The first-order valence-electron chi connectivity index (χ1n) is 8.00. The molecule has 4 nitrogen and oxygen atoms in total. The van der Waals surface area contributed by atoms with Crippen molar-refractivity contribution in [3.05, 3.63) is 76.9 Å². The normalized spacial score (nSPS) is 10.4. The van der Waals surface area contributed by atoms with Gasteiger partial charge in [0.1, 0.15) is 0 Å². The largest absolute Gasteiger partial charge is 0.330 e. The summed E-state index contributed by atoms with van der Waals surface area (Å²) in [4.78, 5) is 17.0. The molecule has 0 radical (unpaired) electrons. The SMILES string of the molecule is CSNc1ccc(C(=O)Nc2ccc(C)c(-c3ccccn3)c2)c(Cl)c1. The molecule has 1 amide bonds. The zero-order valence-electron chi connectivity index (χ0n) is 14.4. The van der Waals surface area contributed by atoms with E-state index in [0.29, 0.717) is 16.3 Å². The van der Waals surface area contributed by atoms with Crippen molar-refractivity contribution in [2.45, 2.75) is 6.92 Å². The molecule has 0 saturated heterocycles. The number of benzene rings is 2. The molecule has 0 unspecified atom stereocenters. The van der Waals surface area contributed by atoms with E-state index in [4.69, 9.17) is 11.6 Å². The van der Waals surface area contributed by atoms with Crippen molar-refractivity contribution in [2.24, 2.45) is 0 Å². The number of anilines is 2. The van der Waals surface area contributed by atoms with E-state index in [-0.39, 0.29) is 5.91 Å². The second kappa shape index (κ2) is 8.25. The van der Waals surface area contributed by atoms with Crippen LogP contribution in [0.4, 0.5) is 11.4 Å². The number of amides is 1. The van der Waals surface area contributed by atoms with E-state index in [9.17, 15) is 4.79 Å². The lowest BCUT2D eigenvalue weighted by Gasteiger charge is -2.11. The Morgan fingerprint density at radius 2 is 1.88 bits per heavy atom. The number of halogens is 1. The number of nitrogens with zero attached hydrogens (tertiary/aromatic N) is 1. The fraction of sp³-hybridized carbons (Fsp3) is 0.100. The highest BCUT2D eigenvalue weighted by Crippen LogP contribution is 2.27. The second-order valence-corrected chi connectivity index (χ2v) is 6.72. The Hall–Kier alpha value is -2.50. The predicted octanol–water partition coefficient (Wildman–Crippen LogP) is 5.65. The summed E-state index contributed by atoms with van der Waals surface area (Å²) in [6.45, 7) is 2.02. The van der Waals surface area contributed by atoms with Crippen LogP contribution in [-0.2, 0) is 0 Å². The van der Waals surface area contributed by atoms with Gasteiger partial charge in [-0.2, -0.15) is 0 Å². The van der Waals surface area contributed by atoms with Crippen LogP contribution in [-0.4, -0.2) is 17.1 Å². The molecule has 0 aliphatic rings. The van der Waals surface area contributed by atoms with Crippen LogP contribution < -0.4 is 10.0 Å². The summed E-state index contributed by atoms with van der Waals surface area (Å²) >= 11 is 7.72. The van der Waals surface area contributed by atoms with Gasteiger partial charge in [-0.25, -0.2) is 0 Å². The molecule has 0 bridgehead atoms. The monoisotopic (exact) mass is 383 g/mol. The summed E-state index contributed by atoms with van der Waals surface area (Å²) in [6.07, 6.45) is 3.68. The van der Waals surface area contributed by atoms with E-state index in [0.717, 1.165) is 22.5 Å². The molecule has 0 spiro atoms. The molecule has 26 heavy (non-hydrogen) atoms. The fourth-order valence-corrected chi connectivity index (χ4v) is 3.21. The molecule has 0 atom stereocenters. The first-order chi connectivity index (χ1) is 12.6. The third-order valence-corrected chi connectivity index (χ3v) is 4.62. The first-order valence-corrected chi connectivity index (χ1v) is 9.60. The van der Waals surface area contributed by atoms with Gasteiger partial charge >= 0.3 is 0 Å². The van der Waals surface area contributed by atoms with Gasteiger partial charge in [0.2, 0.25) is 0 Å². The number of hydrogen-bond acceptors (Lipinski definition) is 4. The number of aromatic nitrogens is 1. The van der Waals surface area contributed by atoms with E-state index >= 15 is 0 Å². The molecule has 2 aromatic carbocycles. The van der Waals surface area contributed by atoms with Crippen LogP contribution in [0.5, 0.6) is 0 Å². The third-order valence-electron chi connectivity index (χ3n) is 3.87. The van der Waals surface area contributed by atoms with Gasteiger partial charge in [0.25, 0.3) is 5.91 Å². The molecule has 0 fully saturated rings. The van der Waals surface area contributed by atoms with Crippen LogP contribution in [0.2, 0.25) is 5.02 Å². The molecule has 2 N–H and O–H groups in total. The van der Waals surface area contributed by atoms with Crippen molar-refractivity contribution in [1.29, 1.82) is 0 Å². The van der Waals surface area contributed by atoms with Crippen LogP contribution in [0.15, 0.2) is 60.8 Å². The highest BCUT2D eigenvalue weighted by molar-refractivity contribution is 7.99. The molecule has 3 aromatic rings. The topological polar surface area (TPSA) is 54.0 Å². The van der Waals surface area contributed by atoms with Gasteiger partial charge in [0.05, 0.1) is 16.3 Å². The summed E-state index contributed by atoms with van der Waals surface area (Å²) in [7, 11) is 0. The van der Waals surface area contributed by atoms with Crippen molar-refractivity contribution >= 4 is 40.8 Å². The molecular weight excluding hydrogens is 366 g/mol. The maximum atomic E-state index is 12.6. The van der Waals surface area contributed by atoms with Gasteiger partial charge in [-0.3, -0.25) is 9.78 Å². The average molecular weight is 384 g/mol. The molecule has 3 rings (SSSR count). The zero-order chi connectivity index (χ0) is 18.5. The zero-order valence-corrected chi connectivity index (χ0v) is 16.0. The van der Waals surface area contributed by atoms with E-state index in [1.54, 1.807) is 18.3 Å². The van der Waals surface area contributed by atoms with E-state index in [1.807, 2.05) is 55.6 Å². The average Bonchev–Trinajstić information content (AvgIpc) is 2.64. The Labute approximate surface area is 162 Å².